The summed E-state index contributed by atoms with van der Waals surface area (Å²) in [5, 5.41) is 0. The van der Waals surface area contributed by atoms with E-state index in [0.717, 1.165) is 18.4 Å². The van der Waals surface area contributed by atoms with Gasteiger partial charge in [0.05, 0.1) is 0 Å². The molecule has 1 saturated carbocycles. The Morgan fingerprint density at radius 3 is 2.50 bits per heavy atom. The van der Waals surface area contributed by atoms with Crippen molar-refractivity contribution in [3.63, 3.8) is 0 Å². The van der Waals surface area contributed by atoms with Crippen molar-refractivity contribution < 1.29 is 0 Å². The van der Waals surface area contributed by atoms with Gasteiger partial charge in [0.25, 0.3) is 0 Å². The highest BCUT2D eigenvalue weighted by molar-refractivity contribution is 5.24. The maximum atomic E-state index is 2.60. The van der Waals surface area contributed by atoms with Gasteiger partial charge in [-0.25, -0.2) is 0 Å². The van der Waals surface area contributed by atoms with Gasteiger partial charge in [-0.1, -0.05) is 32.4 Å². The average molecular weight is 250 g/mol. The highest BCUT2D eigenvalue weighted by Gasteiger charge is 2.50. The standard InChI is InChI=1S/C16H30N2/c1-6-18(10-9-17(4)5)12-13-7-8-14-11-15(13)16(14,2)3/h7,14-15H,6,8-12H2,1-5H3/t14-,15-/m0/s1. The van der Waals surface area contributed by atoms with E-state index in [0.29, 0.717) is 5.41 Å². The number of hydrogen-bond donors (Lipinski definition) is 0. The maximum Gasteiger partial charge on any atom is 0.0196 e. The lowest BCUT2D eigenvalue weighted by Crippen LogP contribution is -2.50. The lowest BCUT2D eigenvalue weighted by Gasteiger charge is -2.57. The Kier molecular flexibility index (Phi) is 4.18. The van der Waals surface area contributed by atoms with Gasteiger partial charge in [-0.2, -0.15) is 0 Å². The number of allylic oxidation sites excluding steroid dienone is 1. The molecule has 0 aromatic carbocycles. The van der Waals surface area contributed by atoms with Crippen molar-refractivity contribution in [3.8, 4) is 0 Å². The SMILES string of the molecule is CCN(CCN(C)C)CC1=CC[C@H]2C[C@@H]1C2(C)C. The van der Waals surface area contributed by atoms with Crippen molar-refractivity contribution in [2.75, 3.05) is 40.3 Å². The molecule has 0 radical (unpaired) electrons. The highest BCUT2D eigenvalue weighted by Crippen LogP contribution is 2.59. The fourth-order valence-electron chi connectivity index (χ4n) is 3.60. The monoisotopic (exact) mass is 250 g/mol. The third-order valence-electron chi connectivity index (χ3n) is 5.30. The molecule has 3 rings (SSSR count). The van der Waals surface area contributed by atoms with E-state index >= 15 is 0 Å². The van der Waals surface area contributed by atoms with Gasteiger partial charge in [0.15, 0.2) is 0 Å². The number of rotatable bonds is 6. The van der Waals surface area contributed by atoms with E-state index in [1.165, 1.54) is 32.5 Å². The van der Waals surface area contributed by atoms with Gasteiger partial charge in [0, 0.05) is 19.6 Å². The zero-order valence-electron chi connectivity index (χ0n) is 12.9. The van der Waals surface area contributed by atoms with Gasteiger partial charge in [-0.05, 0) is 50.7 Å². The third kappa shape index (κ3) is 2.65. The van der Waals surface area contributed by atoms with Crippen LogP contribution in [-0.4, -0.2) is 50.1 Å². The Hall–Kier alpha value is -0.340. The number of nitrogens with zero attached hydrogens (tertiary/aromatic N) is 2. The molecule has 0 unspecified atom stereocenters. The summed E-state index contributed by atoms with van der Waals surface area (Å²) in [6.45, 7) is 11.9. The summed E-state index contributed by atoms with van der Waals surface area (Å²) in [5.41, 5.74) is 2.30. The second kappa shape index (κ2) is 5.34. The molecule has 0 aromatic heterocycles. The van der Waals surface area contributed by atoms with E-state index in [9.17, 15) is 0 Å². The van der Waals surface area contributed by atoms with E-state index in [1.54, 1.807) is 5.57 Å². The first-order valence-corrected chi connectivity index (χ1v) is 7.51. The number of hydrogen-bond acceptors (Lipinski definition) is 2. The van der Waals surface area contributed by atoms with Crippen LogP contribution in [0.15, 0.2) is 11.6 Å². The lowest BCUT2D eigenvalue weighted by atomic mass is 9.49. The fourth-order valence-corrected chi connectivity index (χ4v) is 3.60. The lowest BCUT2D eigenvalue weighted by molar-refractivity contribution is -0.0106. The molecule has 2 nitrogen and oxygen atoms in total. The van der Waals surface area contributed by atoms with Crippen LogP contribution in [0.4, 0.5) is 0 Å². The molecule has 3 aliphatic carbocycles. The summed E-state index contributed by atoms with van der Waals surface area (Å²) in [6.07, 6.45) is 5.32. The Balaban J connectivity index is 1.90. The third-order valence-corrected chi connectivity index (χ3v) is 5.30. The van der Waals surface area contributed by atoms with Crippen LogP contribution in [0.1, 0.15) is 33.6 Å². The normalized spacial score (nSPS) is 29.4. The van der Waals surface area contributed by atoms with Crippen LogP contribution in [0.25, 0.3) is 0 Å². The van der Waals surface area contributed by atoms with Crippen molar-refractivity contribution >= 4 is 0 Å². The minimum absolute atomic E-state index is 0.574. The molecule has 2 atom stereocenters. The first kappa shape index (κ1) is 14.1. The summed E-state index contributed by atoms with van der Waals surface area (Å²) < 4.78 is 0. The van der Waals surface area contributed by atoms with E-state index in [1.807, 2.05) is 0 Å². The zero-order chi connectivity index (χ0) is 13.3. The molecule has 0 amide bonds. The predicted molar refractivity (Wildman–Crippen MR) is 78.7 cm³/mol. The largest absolute Gasteiger partial charge is 0.308 e. The van der Waals surface area contributed by atoms with Crippen molar-refractivity contribution in [2.24, 2.45) is 17.3 Å². The Morgan fingerprint density at radius 2 is 2.00 bits per heavy atom. The summed E-state index contributed by atoms with van der Waals surface area (Å²) in [4.78, 5) is 4.88. The molecular formula is C16H30N2. The van der Waals surface area contributed by atoms with Crippen LogP contribution in [-0.2, 0) is 0 Å². The zero-order valence-corrected chi connectivity index (χ0v) is 12.9. The average Bonchev–Trinajstić information content (AvgIpc) is 2.34. The quantitative estimate of drug-likeness (QED) is 0.669. The second-order valence-electron chi connectivity index (χ2n) is 6.99. The van der Waals surface area contributed by atoms with Crippen LogP contribution in [0.3, 0.4) is 0 Å². The minimum Gasteiger partial charge on any atom is -0.308 e. The summed E-state index contributed by atoms with van der Waals surface area (Å²) in [6, 6.07) is 0. The van der Waals surface area contributed by atoms with Crippen LogP contribution in [0.5, 0.6) is 0 Å². The van der Waals surface area contributed by atoms with Gasteiger partial charge >= 0.3 is 0 Å². The summed E-state index contributed by atoms with van der Waals surface area (Å²) in [7, 11) is 4.32. The molecule has 3 aliphatic rings. The van der Waals surface area contributed by atoms with Gasteiger partial charge in [-0.15, -0.1) is 0 Å². The summed E-state index contributed by atoms with van der Waals surface area (Å²) >= 11 is 0. The van der Waals surface area contributed by atoms with Crippen LogP contribution in [0.2, 0.25) is 0 Å². The van der Waals surface area contributed by atoms with Gasteiger partial charge in [0.2, 0.25) is 0 Å². The molecule has 0 spiro atoms. The van der Waals surface area contributed by atoms with Gasteiger partial charge in [0.1, 0.15) is 0 Å². The van der Waals surface area contributed by atoms with E-state index in [4.69, 9.17) is 0 Å². The van der Waals surface area contributed by atoms with E-state index in [-0.39, 0.29) is 0 Å². The molecule has 1 fully saturated rings. The molecule has 2 bridgehead atoms. The maximum absolute atomic E-state index is 2.60. The van der Waals surface area contributed by atoms with Crippen molar-refractivity contribution in [2.45, 2.75) is 33.6 Å². The molecular weight excluding hydrogens is 220 g/mol. The second-order valence-corrected chi connectivity index (χ2v) is 6.99. The van der Waals surface area contributed by atoms with E-state index < -0.39 is 0 Å². The van der Waals surface area contributed by atoms with Gasteiger partial charge in [-0.3, -0.25) is 4.90 Å². The first-order valence-electron chi connectivity index (χ1n) is 7.51. The van der Waals surface area contributed by atoms with Gasteiger partial charge < -0.3 is 4.90 Å². The topological polar surface area (TPSA) is 6.48 Å². The van der Waals surface area contributed by atoms with Crippen molar-refractivity contribution in [1.29, 1.82) is 0 Å². The Morgan fingerprint density at radius 1 is 1.28 bits per heavy atom. The predicted octanol–water partition coefficient (Wildman–Crippen LogP) is 2.86. The summed E-state index contributed by atoms with van der Waals surface area (Å²) in [5.74, 6) is 1.83. The van der Waals surface area contributed by atoms with Crippen LogP contribution in [0, 0.1) is 17.3 Å². The molecule has 0 N–H and O–H groups in total. The van der Waals surface area contributed by atoms with Crippen molar-refractivity contribution in [3.05, 3.63) is 11.6 Å². The molecule has 0 heterocycles. The first-order chi connectivity index (χ1) is 8.45. The molecule has 0 saturated heterocycles. The molecule has 2 heteroatoms. The fraction of sp³-hybridized carbons (Fsp3) is 0.875. The molecule has 104 valence electrons. The Bertz CT molecular complexity index is 317. The smallest absolute Gasteiger partial charge is 0.0196 e. The number of fused-ring (bicyclic) bond motifs is 1. The number of likely N-dealkylation sites (N-methyl/N-ethyl adjacent to an activating group) is 2. The minimum atomic E-state index is 0.574. The van der Waals surface area contributed by atoms with Crippen LogP contribution >= 0.6 is 0 Å². The van der Waals surface area contributed by atoms with E-state index in [2.05, 4.69) is 50.7 Å². The molecule has 0 aliphatic heterocycles. The highest BCUT2D eigenvalue weighted by atomic mass is 15.2. The van der Waals surface area contributed by atoms with Crippen molar-refractivity contribution in [1.82, 2.24) is 9.80 Å². The molecule has 18 heavy (non-hydrogen) atoms. The molecule has 0 aromatic rings. The van der Waals surface area contributed by atoms with Crippen LogP contribution < -0.4 is 0 Å². The Labute approximate surface area is 113 Å².